The summed E-state index contributed by atoms with van der Waals surface area (Å²) in [5.41, 5.74) is 2.29. The quantitative estimate of drug-likeness (QED) is 0.756. The van der Waals surface area contributed by atoms with Gasteiger partial charge in [-0.05, 0) is 30.7 Å². The normalized spacial score (nSPS) is 10.6. The molecule has 1 aromatic heterocycles. The third kappa shape index (κ3) is 1.59. The molecular formula is C11H10ClNO2. The molecule has 0 aliphatic carbocycles. The highest BCUT2D eigenvalue weighted by Gasteiger charge is 2.11. The van der Waals surface area contributed by atoms with Crippen LogP contribution >= 0.6 is 11.6 Å². The number of aromatic nitrogens is 1. The van der Waals surface area contributed by atoms with E-state index in [0.29, 0.717) is 10.7 Å². The van der Waals surface area contributed by atoms with Crippen molar-refractivity contribution < 1.29 is 9.53 Å². The van der Waals surface area contributed by atoms with E-state index in [4.69, 9.17) is 11.6 Å². The zero-order valence-corrected chi connectivity index (χ0v) is 9.18. The third-order valence-electron chi connectivity index (χ3n) is 2.41. The molecule has 0 radical (unpaired) electrons. The molecule has 0 fully saturated rings. The van der Waals surface area contributed by atoms with Crippen molar-refractivity contribution in [3.8, 4) is 0 Å². The molecule has 2 rings (SSSR count). The molecule has 0 saturated carbocycles. The van der Waals surface area contributed by atoms with Crippen molar-refractivity contribution in [3.63, 3.8) is 0 Å². The molecule has 0 aliphatic heterocycles. The van der Waals surface area contributed by atoms with Gasteiger partial charge in [-0.1, -0.05) is 11.6 Å². The number of hydrogen-bond donors (Lipinski definition) is 1. The number of carbonyl (C=O) groups is 1. The molecule has 3 nitrogen and oxygen atoms in total. The second-order valence-electron chi connectivity index (χ2n) is 3.31. The fraction of sp³-hybridized carbons (Fsp3) is 0.182. The second kappa shape index (κ2) is 3.59. The molecule has 1 heterocycles. The molecule has 0 saturated heterocycles. The largest absolute Gasteiger partial charge is 0.464 e. The number of rotatable bonds is 1. The molecule has 0 unspecified atom stereocenters. The summed E-state index contributed by atoms with van der Waals surface area (Å²) in [5.74, 6) is -0.373. The average molecular weight is 224 g/mol. The van der Waals surface area contributed by atoms with Gasteiger partial charge >= 0.3 is 5.97 Å². The predicted octanol–water partition coefficient (Wildman–Crippen LogP) is 2.92. The minimum absolute atomic E-state index is 0.373. The van der Waals surface area contributed by atoms with Crippen LogP contribution in [0.4, 0.5) is 0 Å². The zero-order chi connectivity index (χ0) is 11.0. The number of methoxy groups -OCH3 is 1. The van der Waals surface area contributed by atoms with Crippen molar-refractivity contribution >= 4 is 28.5 Å². The number of hydrogen-bond acceptors (Lipinski definition) is 2. The van der Waals surface area contributed by atoms with Gasteiger partial charge in [-0.15, -0.1) is 0 Å². The zero-order valence-electron chi connectivity index (χ0n) is 8.43. The van der Waals surface area contributed by atoms with E-state index in [1.807, 2.05) is 13.0 Å². The highest BCUT2D eigenvalue weighted by Crippen LogP contribution is 2.25. The van der Waals surface area contributed by atoms with Gasteiger partial charge in [0.15, 0.2) is 0 Å². The van der Waals surface area contributed by atoms with Crippen LogP contribution in [0.5, 0.6) is 0 Å². The molecule has 78 valence electrons. The van der Waals surface area contributed by atoms with Crippen LogP contribution in [0.3, 0.4) is 0 Å². The van der Waals surface area contributed by atoms with Crippen molar-refractivity contribution in [1.29, 1.82) is 0 Å². The van der Waals surface area contributed by atoms with E-state index in [1.165, 1.54) is 7.11 Å². The molecule has 0 atom stereocenters. The Balaban J connectivity index is 2.66. The Labute approximate surface area is 92.0 Å². The molecule has 2 aromatic rings. The van der Waals surface area contributed by atoms with E-state index in [2.05, 4.69) is 9.72 Å². The summed E-state index contributed by atoms with van der Waals surface area (Å²) in [7, 11) is 1.35. The Morgan fingerprint density at radius 1 is 1.47 bits per heavy atom. The van der Waals surface area contributed by atoms with Gasteiger partial charge in [0.05, 0.1) is 7.11 Å². The molecule has 0 bridgehead atoms. The van der Waals surface area contributed by atoms with Crippen LogP contribution in [0, 0.1) is 6.92 Å². The maximum atomic E-state index is 11.3. The topological polar surface area (TPSA) is 42.1 Å². The van der Waals surface area contributed by atoms with Crippen molar-refractivity contribution in [3.05, 3.63) is 34.5 Å². The summed E-state index contributed by atoms with van der Waals surface area (Å²) >= 11 is 5.98. The Morgan fingerprint density at radius 3 is 2.87 bits per heavy atom. The summed E-state index contributed by atoms with van der Waals surface area (Å²) in [6.45, 7) is 1.92. The van der Waals surface area contributed by atoms with Gasteiger partial charge in [0.25, 0.3) is 0 Å². The number of H-pyrrole nitrogens is 1. The van der Waals surface area contributed by atoms with E-state index < -0.39 is 0 Å². The fourth-order valence-electron chi connectivity index (χ4n) is 1.54. The van der Waals surface area contributed by atoms with Crippen LogP contribution in [0.25, 0.3) is 10.9 Å². The van der Waals surface area contributed by atoms with Crippen molar-refractivity contribution in [2.75, 3.05) is 7.11 Å². The first kappa shape index (κ1) is 10.1. The average Bonchev–Trinajstić information content (AvgIpc) is 2.67. The predicted molar refractivity (Wildman–Crippen MR) is 59.4 cm³/mol. The lowest BCUT2D eigenvalue weighted by atomic mass is 10.1. The van der Waals surface area contributed by atoms with E-state index in [9.17, 15) is 4.79 Å². The summed E-state index contributed by atoms with van der Waals surface area (Å²) in [6, 6.07) is 5.40. The standard InChI is InChI=1S/C11H10ClNO2/c1-6-7-5-10(11(14)15-2)13-9(7)4-3-8(6)12/h3-5,13H,1-2H3. The highest BCUT2D eigenvalue weighted by atomic mass is 35.5. The van der Waals surface area contributed by atoms with Gasteiger partial charge in [-0.2, -0.15) is 0 Å². The lowest BCUT2D eigenvalue weighted by Crippen LogP contribution is -2.00. The Bertz CT molecular complexity index is 531. The minimum Gasteiger partial charge on any atom is -0.464 e. The Morgan fingerprint density at radius 2 is 2.20 bits per heavy atom. The van der Waals surface area contributed by atoms with Gasteiger partial charge in [0, 0.05) is 15.9 Å². The maximum absolute atomic E-state index is 11.3. The fourth-order valence-corrected chi connectivity index (χ4v) is 1.71. The number of halogens is 1. The number of fused-ring (bicyclic) bond motifs is 1. The van der Waals surface area contributed by atoms with Crippen LogP contribution in [0.15, 0.2) is 18.2 Å². The van der Waals surface area contributed by atoms with Crippen LogP contribution in [0.1, 0.15) is 16.1 Å². The summed E-state index contributed by atoms with van der Waals surface area (Å²) in [5, 5.41) is 1.64. The SMILES string of the molecule is COC(=O)c1cc2c(C)c(Cl)ccc2[nH]1. The number of nitrogens with one attached hydrogen (secondary N) is 1. The highest BCUT2D eigenvalue weighted by molar-refractivity contribution is 6.32. The number of benzene rings is 1. The Kier molecular flexibility index (Phi) is 2.40. The van der Waals surface area contributed by atoms with Gasteiger partial charge in [-0.25, -0.2) is 4.79 Å². The van der Waals surface area contributed by atoms with Crippen molar-refractivity contribution in [1.82, 2.24) is 4.98 Å². The lowest BCUT2D eigenvalue weighted by molar-refractivity contribution is 0.0595. The van der Waals surface area contributed by atoms with Crippen LogP contribution < -0.4 is 0 Å². The van der Waals surface area contributed by atoms with E-state index >= 15 is 0 Å². The van der Waals surface area contributed by atoms with Crippen LogP contribution in [0.2, 0.25) is 5.02 Å². The van der Waals surface area contributed by atoms with Gasteiger partial charge < -0.3 is 9.72 Å². The number of esters is 1. The molecule has 15 heavy (non-hydrogen) atoms. The lowest BCUT2D eigenvalue weighted by Gasteiger charge is -1.97. The first-order valence-corrected chi connectivity index (χ1v) is 4.87. The molecule has 1 aromatic carbocycles. The maximum Gasteiger partial charge on any atom is 0.354 e. The second-order valence-corrected chi connectivity index (χ2v) is 3.72. The van der Waals surface area contributed by atoms with E-state index in [1.54, 1.807) is 12.1 Å². The Hall–Kier alpha value is -1.48. The molecular weight excluding hydrogens is 214 g/mol. The van der Waals surface area contributed by atoms with Crippen LogP contribution in [-0.2, 0) is 4.74 Å². The minimum atomic E-state index is -0.373. The first-order chi connectivity index (χ1) is 7.13. The summed E-state index contributed by atoms with van der Waals surface area (Å²) < 4.78 is 4.63. The number of aromatic amines is 1. The smallest absolute Gasteiger partial charge is 0.354 e. The van der Waals surface area contributed by atoms with E-state index in [0.717, 1.165) is 16.5 Å². The molecule has 0 spiro atoms. The first-order valence-electron chi connectivity index (χ1n) is 4.49. The van der Waals surface area contributed by atoms with Crippen LogP contribution in [-0.4, -0.2) is 18.1 Å². The molecule has 0 aliphatic rings. The summed E-state index contributed by atoms with van der Waals surface area (Å²) in [4.78, 5) is 14.3. The summed E-state index contributed by atoms with van der Waals surface area (Å²) in [6.07, 6.45) is 0. The van der Waals surface area contributed by atoms with Gasteiger partial charge in [-0.3, -0.25) is 0 Å². The molecule has 4 heteroatoms. The third-order valence-corrected chi connectivity index (χ3v) is 2.82. The monoisotopic (exact) mass is 223 g/mol. The van der Waals surface area contributed by atoms with Crippen molar-refractivity contribution in [2.45, 2.75) is 6.92 Å². The number of ether oxygens (including phenoxy) is 1. The van der Waals surface area contributed by atoms with Gasteiger partial charge in [0.1, 0.15) is 5.69 Å². The van der Waals surface area contributed by atoms with E-state index in [-0.39, 0.29) is 5.97 Å². The number of aryl methyl sites for hydroxylation is 1. The molecule has 0 amide bonds. The van der Waals surface area contributed by atoms with Gasteiger partial charge in [0.2, 0.25) is 0 Å². The van der Waals surface area contributed by atoms with Crippen molar-refractivity contribution in [2.24, 2.45) is 0 Å². The number of carbonyl (C=O) groups excluding carboxylic acids is 1. The molecule has 1 N–H and O–H groups in total.